The third-order valence-corrected chi connectivity index (χ3v) is 3.91. The summed E-state index contributed by atoms with van der Waals surface area (Å²) in [4.78, 5) is 6.99. The van der Waals surface area contributed by atoms with Crippen LogP contribution in [0, 0.1) is 19.8 Å². The van der Waals surface area contributed by atoms with Gasteiger partial charge in [-0.3, -0.25) is 0 Å². The van der Waals surface area contributed by atoms with Crippen molar-refractivity contribution in [3.8, 4) is 0 Å². The summed E-state index contributed by atoms with van der Waals surface area (Å²) in [6, 6.07) is 2.68. The molecule has 1 heterocycles. The molecule has 1 unspecified atom stereocenters. The normalized spacial score (nSPS) is 17.0. The number of aryl methyl sites for hydroxylation is 2. The van der Waals surface area contributed by atoms with Crippen LogP contribution in [0.1, 0.15) is 36.6 Å². The maximum Gasteiger partial charge on any atom is 0.133 e. The van der Waals surface area contributed by atoms with Gasteiger partial charge in [0.05, 0.1) is 0 Å². The van der Waals surface area contributed by atoms with Crippen LogP contribution in [0.4, 0.5) is 5.82 Å². The molecule has 2 N–H and O–H groups in total. The van der Waals surface area contributed by atoms with Gasteiger partial charge >= 0.3 is 0 Å². The van der Waals surface area contributed by atoms with Crippen LogP contribution in [0.3, 0.4) is 0 Å². The first kappa shape index (κ1) is 12.4. The molecule has 0 aliphatic heterocycles. The lowest BCUT2D eigenvalue weighted by Crippen LogP contribution is -2.32. The molecule has 0 radical (unpaired) electrons. The minimum atomic E-state index is 0.564. The maximum absolute atomic E-state index is 5.86. The van der Waals surface area contributed by atoms with Crippen molar-refractivity contribution in [3.05, 3.63) is 22.9 Å². The third kappa shape index (κ3) is 2.44. The van der Waals surface area contributed by atoms with Gasteiger partial charge in [0.2, 0.25) is 0 Å². The van der Waals surface area contributed by atoms with Crippen LogP contribution in [-0.4, -0.2) is 18.1 Å². The van der Waals surface area contributed by atoms with Crippen LogP contribution in [0.5, 0.6) is 0 Å². The Morgan fingerprint density at radius 2 is 2.12 bits per heavy atom. The van der Waals surface area contributed by atoms with Crippen LogP contribution in [0.2, 0.25) is 0 Å². The third-order valence-electron chi connectivity index (χ3n) is 3.91. The number of nitrogens with zero attached hydrogens (tertiary/aromatic N) is 2. The van der Waals surface area contributed by atoms with E-state index in [1.165, 1.54) is 24.0 Å². The van der Waals surface area contributed by atoms with Gasteiger partial charge in [0.1, 0.15) is 5.82 Å². The first-order valence-corrected chi connectivity index (χ1v) is 6.44. The van der Waals surface area contributed by atoms with Crippen molar-refractivity contribution < 1.29 is 0 Å². The summed E-state index contributed by atoms with van der Waals surface area (Å²) < 4.78 is 0. The fourth-order valence-corrected chi connectivity index (χ4v) is 2.48. The van der Waals surface area contributed by atoms with Crippen molar-refractivity contribution in [1.82, 2.24) is 4.98 Å². The number of aromatic nitrogens is 1. The highest BCUT2D eigenvalue weighted by Gasteiger charge is 2.31. The molecule has 17 heavy (non-hydrogen) atoms. The smallest absolute Gasteiger partial charge is 0.133 e. The van der Waals surface area contributed by atoms with Gasteiger partial charge in [0, 0.05) is 30.9 Å². The van der Waals surface area contributed by atoms with Crippen molar-refractivity contribution >= 4 is 5.82 Å². The van der Waals surface area contributed by atoms with Crippen molar-refractivity contribution in [3.63, 3.8) is 0 Å². The second-order valence-electron chi connectivity index (χ2n) is 5.28. The summed E-state index contributed by atoms with van der Waals surface area (Å²) >= 11 is 0. The van der Waals surface area contributed by atoms with Gasteiger partial charge in [-0.05, 0) is 51.2 Å². The summed E-state index contributed by atoms with van der Waals surface area (Å²) in [5.74, 6) is 1.91. The van der Waals surface area contributed by atoms with Gasteiger partial charge in [-0.1, -0.05) is 0 Å². The highest BCUT2D eigenvalue weighted by Crippen LogP contribution is 2.36. The Labute approximate surface area is 104 Å². The lowest BCUT2D eigenvalue weighted by Gasteiger charge is -2.28. The van der Waals surface area contributed by atoms with Crippen LogP contribution >= 0.6 is 0 Å². The second-order valence-corrected chi connectivity index (χ2v) is 5.28. The van der Waals surface area contributed by atoms with E-state index in [1.54, 1.807) is 0 Å². The van der Waals surface area contributed by atoms with Gasteiger partial charge in [-0.15, -0.1) is 0 Å². The molecule has 1 atom stereocenters. The summed E-state index contributed by atoms with van der Waals surface area (Å²) in [6.07, 6.45) is 2.71. The van der Waals surface area contributed by atoms with Gasteiger partial charge in [0.25, 0.3) is 0 Å². The Hall–Kier alpha value is -1.09. The fraction of sp³-hybridized carbons (Fsp3) is 0.643. The monoisotopic (exact) mass is 233 g/mol. The quantitative estimate of drug-likeness (QED) is 0.868. The molecule has 1 saturated carbocycles. The number of hydrogen-bond donors (Lipinski definition) is 1. The first-order chi connectivity index (χ1) is 8.04. The SMILES string of the molecule is Cc1cc(C)c(CN)c(N(C)C(C)C2CC2)n1. The topological polar surface area (TPSA) is 42.1 Å². The maximum atomic E-state index is 5.86. The van der Waals surface area contributed by atoms with E-state index in [-0.39, 0.29) is 0 Å². The second kappa shape index (κ2) is 4.65. The number of pyridine rings is 1. The Kier molecular flexibility index (Phi) is 3.38. The molecule has 0 aromatic carbocycles. The van der Waals surface area contributed by atoms with Crippen molar-refractivity contribution in [1.29, 1.82) is 0 Å². The van der Waals surface area contributed by atoms with E-state index in [9.17, 15) is 0 Å². The predicted molar refractivity (Wildman–Crippen MR) is 72.2 cm³/mol. The Bertz CT molecular complexity index is 410. The molecule has 94 valence electrons. The number of anilines is 1. The molecule has 3 heteroatoms. The largest absolute Gasteiger partial charge is 0.356 e. The molecule has 0 bridgehead atoms. The molecule has 1 aromatic heterocycles. The lowest BCUT2D eigenvalue weighted by atomic mass is 10.1. The molecule has 1 fully saturated rings. The molecule has 2 rings (SSSR count). The van der Waals surface area contributed by atoms with Gasteiger partial charge in [-0.25, -0.2) is 4.98 Å². The van der Waals surface area contributed by atoms with E-state index in [0.29, 0.717) is 12.6 Å². The molecule has 1 aliphatic carbocycles. The molecule has 1 aliphatic rings. The lowest BCUT2D eigenvalue weighted by molar-refractivity contribution is 0.601. The molecule has 3 nitrogen and oxygen atoms in total. The Balaban J connectivity index is 2.35. The van der Waals surface area contributed by atoms with Crippen LogP contribution in [0.25, 0.3) is 0 Å². The number of nitrogens with two attached hydrogens (primary N) is 1. The summed E-state index contributed by atoms with van der Waals surface area (Å²) in [5.41, 5.74) is 9.38. The summed E-state index contributed by atoms with van der Waals surface area (Å²) in [5, 5.41) is 0. The van der Waals surface area contributed by atoms with E-state index in [4.69, 9.17) is 5.73 Å². The standard InChI is InChI=1S/C14H23N3/c1-9-7-10(2)16-14(13(9)8-15)17(4)11(3)12-5-6-12/h7,11-12H,5-6,8,15H2,1-4H3. The van der Waals surface area contributed by atoms with Crippen LogP contribution < -0.4 is 10.6 Å². The molecule has 0 spiro atoms. The number of hydrogen-bond acceptors (Lipinski definition) is 3. The zero-order valence-corrected chi connectivity index (χ0v) is 11.3. The van der Waals surface area contributed by atoms with Gasteiger partial charge in [-0.2, -0.15) is 0 Å². The zero-order chi connectivity index (χ0) is 12.6. The average molecular weight is 233 g/mol. The summed E-state index contributed by atoms with van der Waals surface area (Å²) in [7, 11) is 2.14. The Morgan fingerprint density at radius 1 is 1.47 bits per heavy atom. The summed E-state index contributed by atoms with van der Waals surface area (Å²) in [6.45, 7) is 7.02. The minimum Gasteiger partial charge on any atom is -0.356 e. The fourth-order valence-electron chi connectivity index (χ4n) is 2.48. The highest BCUT2D eigenvalue weighted by atomic mass is 15.2. The van der Waals surface area contributed by atoms with Gasteiger partial charge in [0.15, 0.2) is 0 Å². The van der Waals surface area contributed by atoms with E-state index in [1.807, 2.05) is 6.92 Å². The molecule has 0 saturated heterocycles. The Morgan fingerprint density at radius 3 is 2.65 bits per heavy atom. The molecule has 1 aromatic rings. The molecule has 0 amide bonds. The molecular weight excluding hydrogens is 210 g/mol. The van der Waals surface area contributed by atoms with Crippen molar-refractivity contribution in [2.24, 2.45) is 11.7 Å². The van der Waals surface area contributed by atoms with E-state index < -0.39 is 0 Å². The predicted octanol–water partition coefficient (Wildman–Crippen LogP) is 2.39. The van der Waals surface area contributed by atoms with Crippen LogP contribution in [-0.2, 0) is 6.54 Å². The van der Waals surface area contributed by atoms with E-state index in [2.05, 4.69) is 36.8 Å². The number of rotatable bonds is 4. The first-order valence-electron chi connectivity index (χ1n) is 6.44. The van der Waals surface area contributed by atoms with E-state index in [0.717, 1.165) is 17.4 Å². The van der Waals surface area contributed by atoms with Gasteiger partial charge < -0.3 is 10.6 Å². The zero-order valence-electron chi connectivity index (χ0n) is 11.3. The van der Waals surface area contributed by atoms with Crippen LogP contribution in [0.15, 0.2) is 6.07 Å². The van der Waals surface area contributed by atoms with Crippen molar-refractivity contribution in [2.45, 2.75) is 46.2 Å². The molecular formula is C14H23N3. The highest BCUT2D eigenvalue weighted by molar-refractivity contribution is 5.52. The van der Waals surface area contributed by atoms with Crippen molar-refractivity contribution in [2.75, 3.05) is 11.9 Å². The van der Waals surface area contributed by atoms with E-state index >= 15 is 0 Å². The average Bonchev–Trinajstić information content (AvgIpc) is 3.10. The minimum absolute atomic E-state index is 0.564.